The molecule has 1 rings (SSSR count). The van der Waals surface area contributed by atoms with Crippen LogP contribution in [0.5, 0.6) is 0 Å². The molecule has 3 nitrogen and oxygen atoms in total. The predicted molar refractivity (Wildman–Crippen MR) is 63.4 cm³/mol. The zero-order chi connectivity index (χ0) is 11.5. The van der Waals surface area contributed by atoms with E-state index in [2.05, 4.69) is 6.58 Å². The Hall–Kier alpha value is -0.350. The van der Waals surface area contributed by atoms with Gasteiger partial charge in [-0.2, -0.15) is 0 Å². The van der Waals surface area contributed by atoms with Crippen molar-refractivity contribution in [3.05, 3.63) is 12.2 Å². The number of allylic oxidation sites excluding steroid dienone is 1. The fourth-order valence-electron chi connectivity index (χ4n) is 2.06. The van der Waals surface area contributed by atoms with E-state index in [1.165, 1.54) is 0 Å². The summed E-state index contributed by atoms with van der Waals surface area (Å²) in [5.41, 5.74) is 7.02. The van der Waals surface area contributed by atoms with E-state index in [-0.39, 0.29) is 11.3 Å². The molecule has 15 heavy (non-hydrogen) atoms. The van der Waals surface area contributed by atoms with Crippen LogP contribution in [-0.4, -0.2) is 25.5 Å². The summed E-state index contributed by atoms with van der Waals surface area (Å²) in [5, 5.41) is -0.314. The third-order valence-electron chi connectivity index (χ3n) is 3.01. The Labute approximate surface area is 92.7 Å². The molecule has 1 saturated heterocycles. The van der Waals surface area contributed by atoms with E-state index in [1.54, 1.807) is 0 Å². The van der Waals surface area contributed by atoms with Crippen LogP contribution in [0.3, 0.4) is 0 Å². The highest BCUT2D eigenvalue weighted by molar-refractivity contribution is 7.92. The van der Waals surface area contributed by atoms with E-state index in [9.17, 15) is 8.42 Å². The molecule has 4 heteroatoms. The van der Waals surface area contributed by atoms with Gasteiger partial charge in [0, 0.05) is 6.04 Å². The van der Waals surface area contributed by atoms with Crippen molar-refractivity contribution in [1.82, 2.24) is 0 Å². The minimum absolute atomic E-state index is 0.216. The van der Waals surface area contributed by atoms with Gasteiger partial charge in [0.1, 0.15) is 0 Å². The molecule has 0 amide bonds. The molecule has 1 fully saturated rings. The van der Waals surface area contributed by atoms with E-state index >= 15 is 0 Å². The van der Waals surface area contributed by atoms with Gasteiger partial charge in [0.05, 0.1) is 11.0 Å². The summed E-state index contributed by atoms with van der Waals surface area (Å²) in [4.78, 5) is 0. The summed E-state index contributed by atoms with van der Waals surface area (Å²) in [7, 11) is -2.93. The molecular weight excluding hydrogens is 210 g/mol. The van der Waals surface area contributed by atoms with Crippen LogP contribution < -0.4 is 5.73 Å². The summed E-state index contributed by atoms with van der Waals surface area (Å²) in [6.45, 7) is 5.75. The molecule has 0 aliphatic carbocycles. The van der Waals surface area contributed by atoms with Crippen LogP contribution in [-0.2, 0) is 9.84 Å². The lowest BCUT2D eigenvalue weighted by atomic mass is 10.0. The molecule has 0 saturated carbocycles. The molecule has 1 heterocycles. The molecule has 2 N–H and O–H groups in total. The van der Waals surface area contributed by atoms with Crippen LogP contribution in [0.4, 0.5) is 0 Å². The van der Waals surface area contributed by atoms with Gasteiger partial charge in [-0.3, -0.25) is 0 Å². The van der Waals surface area contributed by atoms with Gasteiger partial charge in [0.25, 0.3) is 0 Å². The summed E-state index contributed by atoms with van der Waals surface area (Å²) in [6, 6.07) is -0.216. The van der Waals surface area contributed by atoms with Gasteiger partial charge in [-0.25, -0.2) is 8.42 Å². The van der Waals surface area contributed by atoms with Gasteiger partial charge in [-0.1, -0.05) is 12.0 Å². The second-order valence-electron chi connectivity index (χ2n) is 4.56. The number of hydrogen-bond donors (Lipinski definition) is 1. The van der Waals surface area contributed by atoms with E-state index in [1.807, 2.05) is 6.92 Å². The minimum atomic E-state index is -2.93. The smallest absolute Gasteiger partial charge is 0.154 e. The van der Waals surface area contributed by atoms with E-state index < -0.39 is 9.84 Å². The van der Waals surface area contributed by atoms with Crippen LogP contribution in [0.15, 0.2) is 12.2 Å². The highest BCUT2D eigenvalue weighted by atomic mass is 32.2. The first-order valence-electron chi connectivity index (χ1n) is 5.55. The van der Waals surface area contributed by atoms with Gasteiger partial charge in [0.15, 0.2) is 9.84 Å². The Balaban J connectivity index is 2.57. The molecule has 1 aliphatic rings. The molecule has 0 aromatic rings. The zero-order valence-corrected chi connectivity index (χ0v) is 10.2. The minimum Gasteiger partial charge on any atom is -0.327 e. The molecular formula is C11H21NO2S. The lowest BCUT2D eigenvalue weighted by Gasteiger charge is -2.27. The Morgan fingerprint density at radius 2 is 2.20 bits per heavy atom. The Bertz CT molecular complexity index is 321. The van der Waals surface area contributed by atoms with Crippen LogP contribution in [0.2, 0.25) is 0 Å². The van der Waals surface area contributed by atoms with E-state index in [0.717, 1.165) is 37.7 Å². The van der Waals surface area contributed by atoms with Crippen molar-refractivity contribution in [2.75, 3.05) is 5.75 Å². The third kappa shape index (κ3) is 3.61. The summed E-state index contributed by atoms with van der Waals surface area (Å²) >= 11 is 0. The van der Waals surface area contributed by atoms with Crippen LogP contribution in [0, 0.1) is 0 Å². The van der Waals surface area contributed by atoms with Crippen molar-refractivity contribution >= 4 is 9.84 Å². The fraction of sp³-hybridized carbons (Fsp3) is 0.818. The molecule has 0 aromatic carbocycles. The fourth-order valence-corrected chi connectivity index (χ4v) is 4.16. The predicted octanol–water partition coefficient (Wildman–Crippen LogP) is 1.64. The van der Waals surface area contributed by atoms with E-state index in [4.69, 9.17) is 5.73 Å². The van der Waals surface area contributed by atoms with Gasteiger partial charge < -0.3 is 5.73 Å². The monoisotopic (exact) mass is 231 g/mol. The lowest BCUT2D eigenvalue weighted by Crippen LogP contribution is -2.43. The second kappa shape index (κ2) is 5.12. The molecule has 0 radical (unpaired) electrons. The summed E-state index contributed by atoms with van der Waals surface area (Å²) in [5.74, 6) is 0.318. The molecule has 2 atom stereocenters. The normalized spacial score (nSPS) is 27.2. The highest BCUT2D eigenvalue weighted by Gasteiger charge is 2.33. The second-order valence-corrected chi connectivity index (χ2v) is 6.90. The lowest BCUT2D eigenvalue weighted by molar-refractivity contribution is 0.481. The van der Waals surface area contributed by atoms with Gasteiger partial charge in [-0.15, -0.1) is 6.58 Å². The average molecular weight is 231 g/mol. The van der Waals surface area contributed by atoms with Gasteiger partial charge >= 0.3 is 0 Å². The summed E-state index contributed by atoms with van der Waals surface area (Å²) in [6.07, 6.45) is 4.09. The topological polar surface area (TPSA) is 60.2 Å². The maximum atomic E-state index is 11.8. The molecule has 0 spiro atoms. The van der Waals surface area contributed by atoms with Crippen molar-refractivity contribution in [3.8, 4) is 0 Å². The first-order valence-corrected chi connectivity index (χ1v) is 7.26. The van der Waals surface area contributed by atoms with Crippen LogP contribution >= 0.6 is 0 Å². The van der Waals surface area contributed by atoms with Crippen molar-refractivity contribution in [2.45, 2.75) is 50.3 Å². The molecule has 1 aliphatic heterocycles. The van der Waals surface area contributed by atoms with Crippen molar-refractivity contribution in [3.63, 3.8) is 0 Å². The maximum absolute atomic E-state index is 11.8. The SMILES string of the molecule is C=C(C)CCC(N)C1CCCCS1(=O)=O. The van der Waals surface area contributed by atoms with Crippen molar-refractivity contribution in [1.29, 1.82) is 0 Å². The molecule has 88 valence electrons. The first kappa shape index (κ1) is 12.7. The van der Waals surface area contributed by atoms with Gasteiger partial charge in [-0.05, 0) is 32.6 Å². The van der Waals surface area contributed by atoms with Crippen molar-refractivity contribution in [2.24, 2.45) is 5.73 Å². The highest BCUT2D eigenvalue weighted by Crippen LogP contribution is 2.23. The molecule has 0 aromatic heterocycles. The third-order valence-corrected chi connectivity index (χ3v) is 5.38. The van der Waals surface area contributed by atoms with Crippen LogP contribution in [0.1, 0.15) is 39.0 Å². The zero-order valence-electron chi connectivity index (χ0n) is 9.41. The largest absolute Gasteiger partial charge is 0.327 e. The summed E-state index contributed by atoms with van der Waals surface area (Å²) < 4.78 is 23.5. The number of rotatable bonds is 4. The van der Waals surface area contributed by atoms with Crippen LogP contribution in [0.25, 0.3) is 0 Å². The average Bonchev–Trinajstić information content (AvgIpc) is 2.13. The van der Waals surface area contributed by atoms with Gasteiger partial charge in [0.2, 0.25) is 0 Å². The maximum Gasteiger partial charge on any atom is 0.154 e. The number of hydrogen-bond acceptors (Lipinski definition) is 3. The molecule has 2 unspecified atom stereocenters. The van der Waals surface area contributed by atoms with Crippen molar-refractivity contribution < 1.29 is 8.42 Å². The number of nitrogens with two attached hydrogens (primary N) is 1. The Morgan fingerprint density at radius 3 is 2.73 bits per heavy atom. The Kier molecular flexibility index (Phi) is 4.34. The molecule has 0 bridgehead atoms. The number of sulfone groups is 1. The standard InChI is InChI=1S/C11H21NO2S/c1-9(2)6-7-10(12)11-5-3-4-8-15(11,13)14/h10-11H,1,3-8,12H2,2H3. The first-order chi connectivity index (χ1) is 6.93. The Morgan fingerprint density at radius 1 is 1.53 bits per heavy atom. The quantitative estimate of drug-likeness (QED) is 0.748. The van der Waals surface area contributed by atoms with E-state index in [0.29, 0.717) is 5.75 Å².